The van der Waals surface area contributed by atoms with Crippen LogP contribution < -0.4 is 5.73 Å². The number of hydrogen-bond donors (Lipinski definition) is 1. The third-order valence-corrected chi connectivity index (χ3v) is 6.03. The monoisotopic (exact) mass is 275 g/mol. The van der Waals surface area contributed by atoms with Gasteiger partial charge in [-0.15, -0.1) is 23.1 Å². The molecule has 0 saturated heterocycles. The molecule has 0 amide bonds. The highest BCUT2D eigenvalue weighted by molar-refractivity contribution is 8.01. The molecule has 0 spiro atoms. The van der Waals surface area contributed by atoms with Gasteiger partial charge in [-0.2, -0.15) is 0 Å². The Morgan fingerprint density at radius 2 is 1.94 bits per heavy atom. The van der Waals surface area contributed by atoms with Crippen LogP contribution in [-0.4, -0.2) is 5.25 Å². The Bertz CT molecular complexity index is 521. The van der Waals surface area contributed by atoms with Crippen molar-refractivity contribution in [2.24, 2.45) is 5.73 Å². The number of rotatable bonds is 2. The first kappa shape index (κ1) is 12.3. The second-order valence-electron chi connectivity index (χ2n) is 4.88. The fourth-order valence-electron chi connectivity index (χ4n) is 2.69. The van der Waals surface area contributed by atoms with Crippen molar-refractivity contribution in [3.05, 3.63) is 52.9 Å². The summed E-state index contributed by atoms with van der Waals surface area (Å²) in [6, 6.07) is 13.1. The molecule has 0 fully saturated rings. The smallest absolute Gasteiger partial charge is 0.0601 e. The first-order valence-corrected chi connectivity index (χ1v) is 8.06. The van der Waals surface area contributed by atoms with Crippen molar-refractivity contribution in [2.75, 3.05) is 0 Å². The number of hydrogen-bond acceptors (Lipinski definition) is 3. The van der Waals surface area contributed by atoms with Crippen LogP contribution in [0.15, 0.2) is 46.0 Å². The average Bonchev–Trinajstić information content (AvgIpc) is 2.89. The molecule has 18 heavy (non-hydrogen) atoms. The van der Waals surface area contributed by atoms with Crippen molar-refractivity contribution < 1.29 is 0 Å². The largest absolute Gasteiger partial charge is 0.323 e. The van der Waals surface area contributed by atoms with Gasteiger partial charge in [0.1, 0.15) is 0 Å². The van der Waals surface area contributed by atoms with Crippen LogP contribution in [0.25, 0.3) is 0 Å². The topological polar surface area (TPSA) is 26.0 Å². The molecule has 1 aliphatic carbocycles. The maximum absolute atomic E-state index is 6.45. The summed E-state index contributed by atoms with van der Waals surface area (Å²) in [6.07, 6.45) is 1.17. The molecular weight excluding hydrogens is 258 g/mol. The van der Waals surface area contributed by atoms with E-state index in [0.717, 1.165) is 0 Å². The maximum atomic E-state index is 6.45. The molecule has 1 aromatic heterocycles. The molecule has 0 saturated carbocycles. The minimum absolute atomic E-state index is 0.157. The molecule has 1 aromatic carbocycles. The number of fused-ring (bicyclic) bond motifs is 1. The van der Waals surface area contributed by atoms with Crippen molar-refractivity contribution in [2.45, 2.75) is 34.8 Å². The standard InChI is InChI=1S/C15H17NS2/c1-10-9-13(18-14-7-4-8-17-14)15(16)12-6-3-2-5-11(10)12/h2-8,10,13,15H,9,16H2,1H3. The van der Waals surface area contributed by atoms with E-state index in [2.05, 4.69) is 48.7 Å². The van der Waals surface area contributed by atoms with E-state index in [1.807, 2.05) is 23.1 Å². The molecule has 0 bridgehead atoms. The molecule has 2 aromatic rings. The van der Waals surface area contributed by atoms with Gasteiger partial charge in [-0.1, -0.05) is 37.3 Å². The fraction of sp³-hybridized carbons (Fsp3) is 0.333. The molecule has 0 radical (unpaired) electrons. The third-order valence-electron chi connectivity index (χ3n) is 3.64. The van der Waals surface area contributed by atoms with Gasteiger partial charge in [0, 0.05) is 11.3 Å². The van der Waals surface area contributed by atoms with Gasteiger partial charge >= 0.3 is 0 Å². The second kappa shape index (κ2) is 5.08. The van der Waals surface area contributed by atoms with Gasteiger partial charge in [-0.25, -0.2) is 0 Å². The van der Waals surface area contributed by atoms with Crippen LogP contribution in [-0.2, 0) is 0 Å². The number of thiophene rings is 1. The van der Waals surface area contributed by atoms with Crippen LogP contribution in [0, 0.1) is 0 Å². The Balaban J connectivity index is 1.87. The van der Waals surface area contributed by atoms with Crippen LogP contribution in [0.5, 0.6) is 0 Å². The van der Waals surface area contributed by atoms with Crippen LogP contribution in [0.4, 0.5) is 0 Å². The minimum atomic E-state index is 0.157. The van der Waals surface area contributed by atoms with E-state index in [0.29, 0.717) is 11.2 Å². The van der Waals surface area contributed by atoms with E-state index in [9.17, 15) is 0 Å². The Morgan fingerprint density at radius 3 is 2.67 bits per heavy atom. The van der Waals surface area contributed by atoms with E-state index >= 15 is 0 Å². The summed E-state index contributed by atoms with van der Waals surface area (Å²) < 4.78 is 1.38. The van der Waals surface area contributed by atoms with Gasteiger partial charge < -0.3 is 5.73 Å². The summed E-state index contributed by atoms with van der Waals surface area (Å²) in [6.45, 7) is 2.31. The van der Waals surface area contributed by atoms with Gasteiger partial charge in [0.2, 0.25) is 0 Å². The molecule has 3 atom stereocenters. The van der Waals surface area contributed by atoms with Gasteiger partial charge in [0.15, 0.2) is 0 Å². The Hall–Kier alpha value is -0.770. The first-order valence-electron chi connectivity index (χ1n) is 6.30. The van der Waals surface area contributed by atoms with Crippen LogP contribution in [0.2, 0.25) is 0 Å². The van der Waals surface area contributed by atoms with E-state index in [4.69, 9.17) is 5.73 Å². The zero-order chi connectivity index (χ0) is 12.5. The van der Waals surface area contributed by atoms with Crippen molar-refractivity contribution in [3.63, 3.8) is 0 Å². The zero-order valence-electron chi connectivity index (χ0n) is 10.4. The lowest BCUT2D eigenvalue weighted by atomic mass is 9.81. The fourth-order valence-corrected chi connectivity index (χ4v) is 5.03. The maximum Gasteiger partial charge on any atom is 0.0601 e. The van der Waals surface area contributed by atoms with Crippen LogP contribution >= 0.6 is 23.1 Å². The predicted molar refractivity (Wildman–Crippen MR) is 80.4 cm³/mol. The lowest BCUT2D eigenvalue weighted by Crippen LogP contribution is -2.30. The number of nitrogens with two attached hydrogens (primary N) is 1. The third kappa shape index (κ3) is 2.22. The minimum Gasteiger partial charge on any atom is -0.323 e. The van der Waals surface area contributed by atoms with Gasteiger partial charge in [-0.05, 0) is 34.9 Å². The van der Waals surface area contributed by atoms with Gasteiger partial charge in [0.05, 0.1) is 4.21 Å². The summed E-state index contributed by atoms with van der Waals surface area (Å²) in [5, 5.41) is 2.63. The highest BCUT2D eigenvalue weighted by Crippen LogP contribution is 2.44. The van der Waals surface area contributed by atoms with Gasteiger partial charge in [0.25, 0.3) is 0 Å². The molecular formula is C15H17NS2. The summed E-state index contributed by atoms with van der Waals surface area (Å²) in [7, 11) is 0. The predicted octanol–water partition coefficient (Wildman–Crippen LogP) is 4.42. The van der Waals surface area contributed by atoms with Crippen molar-refractivity contribution >= 4 is 23.1 Å². The lowest BCUT2D eigenvalue weighted by molar-refractivity contribution is 0.528. The molecule has 3 unspecified atom stereocenters. The molecule has 2 N–H and O–H groups in total. The normalized spacial score (nSPS) is 26.9. The van der Waals surface area contributed by atoms with E-state index in [-0.39, 0.29) is 6.04 Å². The van der Waals surface area contributed by atoms with E-state index in [1.165, 1.54) is 21.8 Å². The van der Waals surface area contributed by atoms with Crippen molar-refractivity contribution in [1.82, 2.24) is 0 Å². The molecule has 1 heterocycles. The molecule has 0 aliphatic heterocycles. The van der Waals surface area contributed by atoms with Gasteiger partial charge in [-0.3, -0.25) is 0 Å². The van der Waals surface area contributed by atoms with Crippen molar-refractivity contribution in [1.29, 1.82) is 0 Å². The van der Waals surface area contributed by atoms with Crippen LogP contribution in [0.3, 0.4) is 0 Å². The van der Waals surface area contributed by atoms with Crippen molar-refractivity contribution in [3.8, 4) is 0 Å². The second-order valence-corrected chi connectivity index (χ2v) is 7.37. The lowest BCUT2D eigenvalue weighted by Gasteiger charge is -2.34. The molecule has 3 rings (SSSR count). The molecule has 1 nitrogen and oxygen atoms in total. The zero-order valence-corrected chi connectivity index (χ0v) is 12.0. The van der Waals surface area contributed by atoms with E-state index < -0.39 is 0 Å². The number of benzene rings is 1. The SMILES string of the molecule is CC1CC(Sc2cccs2)C(N)c2ccccc21. The number of thioether (sulfide) groups is 1. The Labute approximate surface area is 116 Å². The Morgan fingerprint density at radius 1 is 1.17 bits per heavy atom. The highest BCUT2D eigenvalue weighted by Gasteiger charge is 2.31. The summed E-state index contributed by atoms with van der Waals surface area (Å²) >= 11 is 3.75. The molecule has 1 aliphatic rings. The highest BCUT2D eigenvalue weighted by atomic mass is 32.2. The summed E-state index contributed by atoms with van der Waals surface area (Å²) in [4.78, 5) is 0. The molecule has 3 heteroatoms. The summed E-state index contributed by atoms with van der Waals surface area (Å²) in [5.41, 5.74) is 9.23. The quantitative estimate of drug-likeness (QED) is 0.878. The van der Waals surface area contributed by atoms with E-state index in [1.54, 1.807) is 0 Å². The molecule has 94 valence electrons. The first-order chi connectivity index (χ1) is 8.75. The summed E-state index contributed by atoms with van der Waals surface area (Å²) in [5.74, 6) is 0.610. The Kier molecular flexibility index (Phi) is 3.46. The average molecular weight is 275 g/mol. The van der Waals surface area contributed by atoms with Crippen LogP contribution in [0.1, 0.15) is 36.4 Å².